The standard InChI is InChI=1S/C18H20Cl2N4O3/c1-23-10-13(17(22-23)27-2)18(26)24-7-5-11(6-8-24)16(25)21-15-4-3-12(19)9-14(15)20/h3-4,9-11H,5-8H2,1-2H3,(H,21,25). The molecule has 0 saturated carbocycles. The van der Waals surface area contributed by atoms with Gasteiger partial charge in [0.15, 0.2) is 0 Å². The Morgan fingerprint density at radius 3 is 2.59 bits per heavy atom. The SMILES string of the molecule is COc1nn(C)cc1C(=O)N1CCC(C(=O)Nc2ccc(Cl)cc2Cl)CC1. The Kier molecular flexibility index (Phi) is 5.92. The number of rotatable bonds is 4. The molecule has 0 atom stereocenters. The normalized spacial score (nSPS) is 14.9. The predicted octanol–water partition coefficient (Wildman–Crippen LogP) is 3.23. The first kappa shape index (κ1) is 19.5. The van der Waals surface area contributed by atoms with Gasteiger partial charge in [0.1, 0.15) is 5.56 Å². The van der Waals surface area contributed by atoms with Crippen molar-refractivity contribution >= 4 is 40.7 Å². The fraction of sp³-hybridized carbons (Fsp3) is 0.389. The number of likely N-dealkylation sites (tertiary alicyclic amines) is 1. The smallest absolute Gasteiger partial charge is 0.260 e. The number of carbonyl (C=O) groups excluding carboxylic acids is 2. The largest absolute Gasteiger partial charge is 0.479 e. The lowest BCUT2D eigenvalue weighted by molar-refractivity contribution is -0.121. The Hall–Kier alpha value is -2.25. The van der Waals surface area contributed by atoms with Crippen molar-refractivity contribution in [1.29, 1.82) is 0 Å². The number of amides is 2. The molecule has 1 aliphatic heterocycles. The number of ether oxygens (including phenoxy) is 1. The fourth-order valence-corrected chi connectivity index (χ4v) is 3.56. The zero-order valence-electron chi connectivity index (χ0n) is 15.0. The maximum absolute atomic E-state index is 12.7. The molecule has 2 heterocycles. The van der Waals surface area contributed by atoms with E-state index in [-0.39, 0.29) is 17.7 Å². The lowest BCUT2D eigenvalue weighted by atomic mass is 9.95. The second kappa shape index (κ2) is 8.19. The number of anilines is 1. The van der Waals surface area contributed by atoms with Gasteiger partial charge in [0.25, 0.3) is 5.91 Å². The number of halogens is 2. The molecule has 1 saturated heterocycles. The third kappa shape index (κ3) is 4.36. The maximum atomic E-state index is 12.7. The van der Waals surface area contributed by atoms with Gasteiger partial charge < -0.3 is 15.0 Å². The number of carbonyl (C=O) groups is 2. The summed E-state index contributed by atoms with van der Waals surface area (Å²) in [5, 5.41) is 7.85. The van der Waals surface area contributed by atoms with E-state index < -0.39 is 0 Å². The molecular formula is C18H20Cl2N4O3. The molecule has 1 fully saturated rings. The first-order valence-corrected chi connectivity index (χ1v) is 9.27. The van der Waals surface area contributed by atoms with Crippen molar-refractivity contribution in [1.82, 2.24) is 14.7 Å². The highest BCUT2D eigenvalue weighted by atomic mass is 35.5. The molecule has 1 aromatic heterocycles. The Morgan fingerprint density at radius 1 is 1.26 bits per heavy atom. The van der Waals surface area contributed by atoms with Gasteiger partial charge in [-0.3, -0.25) is 14.3 Å². The number of benzene rings is 1. The van der Waals surface area contributed by atoms with Crippen LogP contribution in [0.25, 0.3) is 0 Å². The highest BCUT2D eigenvalue weighted by molar-refractivity contribution is 6.36. The average molecular weight is 411 g/mol. The number of hydrogen-bond donors (Lipinski definition) is 1. The summed E-state index contributed by atoms with van der Waals surface area (Å²) in [5.74, 6) is -0.124. The molecule has 0 spiro atoms. The molecule has 0 aliphatic carbocycles. The molecule has 0 bridgehead atoms. The van der Waals surface area contributed by atoms with Gasteiger partial charge in [-0.2, -0.15) is 0 Å². The molecule has 9 heteroatoms. The molecule has 7 nitrogen and oxygen atoms in total. The lowest BCUT2D eigenvalue weighted by Crippen LogP contribution is -2.41. The minimum Gasteiger partial charge on any atom is -0.479 e. The molecule has 2 aromatic rings. The fourth-order valence-electron chi connectivity index (χ4n) is 3.11. The number of methoxy groups -OCH3 is 1. The molecule has 0 radical (unpaired) electrons. The van der Waals surface area contributed by atoms with Crippen molar-refractivity contribution in [3.8, 4) is 5.88 Å². The van der Waals surface area contributed by atoms with E-state index in [1.54, 1.807) is 41.0 Å². The lowest BCUT2D eigenvalue weighted by Gasteiger charge is -2.31. The molecule has 1 aromatic carbocycles. The Bertz CT molecular complexity index is 860. The van der Waals surface area contributed by atoms with Gasteiger partial charge in [0.2, 0.25) is 11.8 Å². The summed E-state index contributed by atoms with van der Waals surface area (Å²) in [6, 6.07) is 4.93. The molecule has 1 aliphatic rings. The van der Waals surface area contributed by atoms with Crippen LogP contribution in [0.2, 0.25) is 10.0 Å². The molecule has 1 N–H and O–H groups in total. The number of hydrogen-bond acceptors (Lipinski definition) is 4. The van der Waals surface area contributed by atoms with E-state index in [4.69, 9.17) is 27.9 Å². The third-order valence-electron chi connectivity index (χ3n) is 4.56. The van der Waals surface area contributed by atoms with Gasteiger partial charge in [0, 0.05) is 37.3 Å². The number of piperidine rings is 1. The molecular weight excluding hydrogens is 391 g/mol. The summed E-state index contributed by atoms with van der Waals surface area (Å²) in [4.78, 5) is 26.9. The summed E-state index contributed by atoms with van der Waals surface area (Å²) >= 11 is 12.0. The minimum absolute atomic E-state index is 0.106. The van der Waals surface area contributed by atoms with E-state index in [0.29, 0.717) is 53.1 Å². The van der Waals surface area contributed by atoms with Gasteiger partial charge in [-0.05, 0) is 31.0 Å². The quantitative estimate of drug-likeness (QED) is 0.838. The van der Waals surface area contributed by atoms with Gasteiger partial charge in [0.05, 0.1) is 17.8 Å². The van der Waals surface area contributed by atoms with Crippen molar-refractivity contribution in [3.63, 3.8) is 0 Å². The summed E-state index contributed by atoms with van der Waals surface area (Å²) in [6.07, 6.45) is 2.79. The van der Waals surface area contributed by atoms with Gasteiger partial charge in [-0.15, -0.1) is 5.10 Å². The van der Waals surface area contributed by atoms with Crippen LogP contribution in [-0.4, -0.2) is 46.7 Å². The summed E-state index contributed by atoms with van der Waals surface area (Å²) < 4.78 is 6.70. The van der Waals surface area contributed by atoms with Gasteiger partial charge in [-0.25, -0.2) is 0 Å². The Balaban J connectivity index is 1.59. The summed E-state index contributed by atoms with van der Waals surface area (Å²) in [6.45, 7) is 0.979. The number of aromatic nitrogens is 2. The second-order valence-corrected chi connectivity index (χ2v) is 7.25. The zero-order chi connectivity index (χ0) is 19.6. The number of aryl methyl sites for hydroxylation is 1. The van der Waals surface area contributed by atoms with E-state index in [2.05, 4.69) is 10.4 Å². The summed E-state index contributed by atoms with van der Waals surface area (Å²) in [5.41, 5.74) is 0.959. The zero-order valence-corrected chi connectivity index (χ0v) is 16.5. The van der Waals surface area contributed by atoms with Crippen LogP contribution in [0.4, 0.5) is 5.69 Å². The second-order valence-electron chi connectivity index (χ2n) is 6.41. The van der Waals surface area contributed by atoms with Crippen LogP contribution in [0.3, 0.4) is 0 Å². The highest BCUT2D eigenvalue weighted by Crippen LogP contribution is 2.28. The first-order chi connectivity index (χ1) is 12.9. The maximum Gasteiger partial charge on any atom is 0.260 e. The van der Waals surface area contributed by atoms with Crippen molar-refractivity contribution in [2.24, 2.45) is 13.0 Å². The number of nitrogens with zero attached hydrogens (tertiary/aromatic N) is 3. The molecule has 144 valence electrons. The first-order valence-electron chi connectivity index (χ1n) is 8.52. The van der Waals surface area contributed by atoms with Crippen LogP contribution in [0.1, 0.15) is 23.2 Å². The minimum atomic E-state index is -0.184. The molecule has 0 unspecified atom stereocenters. The van der Waals surface area contributed by atoms with E-state index in [1.807, 2.05) is 0 Å². The Labute approximate surface area is 167 Å². The van der Waals surface area contributed by atoms with E-state index in [9.17, 15) is 9.59 Å². The van der Waals surface area contributed by atoms with Gasteiger partial charge in [-0.1, -0.05) is 23.2 Å². The topological polar surface area (TPSA) is 76.5 Å². The van der Waals surface area contributed by atoms with Crippen LogP contribution >= 0.6 is 23.2 Å². The van der Waals surface area contributed by atoms with Crippen LogP contribution < -0.4 is 10.1 Å². The molecule has 2 amide bonds. The van der Waals surface area contributed by atoms with E-state index in [1.165, 1.54) is 7.11 Å². The monoisotopic (exact) mass is 410 g/mol. The van der Waals surface area contributed by atoms with Crippen molar-refractivity contribution in [2.45, 2.75) is 12.8 Å². The van der Waals surface area contributed by atoms with Crippen LogP contribution in [0, 0.1) is 5.92 Å². The van der Waals surface area contributed by atoms with Crippen LogP contribution in [0.15, 0.2) is 24.4 Å². The van der Waals surface area contributed by atoms with Gasteiger partial charge >= 0.3 is 0 Å². The molecule has 3 rings (SSSR count). The van der Waals surface area contributed by atoms with E-state index in [0.717, 1.165) is 0 Å². The Morgan fingerprint density at radius 2 is 1.96 bits per heavy atom. The summed E-state index contributed by atoms with van der Waals surface area (Å²) in [7, 11) is 3.22. The predicted molar refractivity (Wildman–Crippen MR) is 103 cm³/mol. The van der Waals surface area contributed by atoms with E-state index >= 15 is 0 Å². The highest BCUT2D eigenvalue weighted by Gasteiger charge is 2.30. The molecule has 27 heavy (non-hydrogen) atoms. The average Bonchev–Trinajstić information content (AvgIpc) is 3.04. The van der Waals surface area contributed by atoms with Crippen molar-refractivity contribution < 1.29 is 14.3 Å². The van der Waals surface area contributed by atoms with Crippen LogP contribution in [-0.2, 0) is 11.8 Å². The van der Waals surface area contributed by atoms with Crippen molar-refractivity contribution in [2.75, 3.05) is 25.5 Å². The third-order valence-corrected chi connectivity index (χ3v) is 5.11. The van der Waals surface area contributed by atoms with Crippen LogP contribution in [0.5, 0.6) is 5.88 Å². The number of nitrogens with one attached hydrogen (secondary N) is 1. The van der Waals surface area contributed by atoms with Crippen molar-refractivity contribution in [3.05, 3.63) is 40.0 Å².